The Balaban J connectivity index is 4.83. The van der Waals surface area contributed by atoms with Gasteiger partial charge in [0.05, 0.1) is 0 Å². The van der Waals surface area contributed by atoms with Gasteiger partial charge >= 0.3 is 0 Å². The lowest BCUT2D eigenvalue weighted by Gasteiger charge is -2.46. The van der Waals surface area contributed by atoms with Crippen LogP contribution in [-0.2, 0) is 0 Å². The zero-order valence-electron chi connectivity index (χ0n) is 12.6. The Hall–Kier alpha value is 0.350. The van der Waals surface area contributed by atoms with Crippen LogP contribution in [0.4, 0.5) is 0 Å². The van der Waals surface area contributed by atoms with E-state index in [4.69, 9.17) is 12.6 Å². The first-order valence-corrected chi connectivity index (χ1v) is 7.11. The predicted octanol–water partition coefficient (Wildman–Crippen LogP) is 5.57. The van der Waals surface area contributed by atoms with Crippen molar-refractivity contribution in [2.24, 2.45) is 16.7 Å². The van der Waals surface area contributed by atoms with E-state index >= 15 is 0 Å². The van der Waals surface area contributed by atoms with E-state index in [-0.39, 0.29) is 10.2 Å². The summed E-state index contributed by atoms with van der Waals surface area (Å²) >= 11 is 5.09. The van der Waals surface area contributed by atoms with E-state index < -0.39 is 0 Å². The highest BCUT2D eigenvalue weighted by Crippen LogP contribution is 2.48. The highest BCUT2D eigenvalue weighted by atomic mass is 32.1. The fourth-order valence-corrected chi connectivity index (χ4v) is 2.56. The monoisotopic (exact) mass is 244 g/mol. The van der Waals surface area contributed by atoms with Gasteiger partial charge in [0, 0.05) is 4.75 Å². The maximum atomic E-state index is 5.09. The van der Waals surface area contributed by atoms with Crippen molar-refractivity contribution >= 4 is 12.6 Å². The lowest BCUT2D eigenvalue weighted by atomic mass is 9.68. The van der Waals surface area contributed by atoms with Crippen molar-refractivity contribution in [3.8, 4) is 0 Å². The molecule has 0 aliphatic rings. The van der Waals surface area contributed by atoms with E-state index in [2.05, 4.69) is 55.4 Å². The molecule has 0 fully saturated rings. The van der Waals surface area contributed by atoms with Gasteiger partial charge in [-0.3, -0.25) is 0 Å². The molecule has 0 bridgehead atoms. The molecule has 0 saturated heterocycles. The first kappa shape index (κ1) is 16.4. The molecule has 0 aromatic rings. The average Bonchev–Trinajstić information content (AvgIpc) is 2.09. The number of hydrogen-bond acceptors (Lipinski definition) is 1. The number of hydrogen-bond donors (Lipinski definition) is 1. The van der Waals surface area contributed by atoms with E-state index in [9.17, 15) is 0 Å². The lowest BCUT2D eigenvalue weighted by Crippen LogP contribution is -2.43. The van der Waals surface area contributed by atoms with Gasteiger partial charge in [-0.05, 0) is 29.6 Å². The van der Waals surface area contributed by atoms with Gasteiger partial charge in [0.15, 0.2) is 0 Å². The number of thiol groups is 1. The largest absolute Gasteiger partial charge is 0.172 e. The van der Waals surface area contributed by atoms with Gasteiger partial charge in [-0.1, -0.05) is 61.8 Å². The minimum absolute atomic E-state index is 0.148. The van der Waals surface area contributed by atoms with Crippen LogP contribution >= 0.6 is 12.6 Å². The summed E-state index contributed by atoms with van der Waals surface area (Å²) in [4.78, 5) is 0. The van der Waals surface area contributed by atoms with Crippen LogP contribution in [0.2, 0.25) is 0 Å². The molecule has 2 unspecified atom stereocenters. The van der Waals surface area contributed by atoms with Crippen LogP contribution in [0, 0.1) is 16.7 Å². The van der Waals surface area contributed by atoms with Crippen molar-refractivity contribution in [1.29, 1.82) is 0 Å². The summed E-state index contributed by atoms with van der Waals surface area (Å²) in [6.07, 6.45) is 3.67. The lowest BCUT2D eigenvalue weighted by molar-refractivity contribution is 0.172. The Bertz CT molecular complexity index is 206. The van der Waals surface area contributed by atoms with Gasteiger partial charge < -0.3 is 0 Å². The summed E-state index contributed by atoms with van der Waals surface area (Å²) in [5, 5.41) is 0. The van der Waals surface area contributed by atoms with Gasteiger partial charge in [-0.25, -0.2) is 0 Å². The van der Waals surface area contributed by atoms with E-state index in [1.165, 1.54) is 19.3 Å². The summed E-state index contributed by atoms with van der Waals surface area (Å²) in [6, 6.07) is 0. The van der Waals surface area contributed by atoms with E-state index in [0.29, 0.717) is 11.3 Å². The molecule has 98 valence electrons. The van der Waals surface area contributed by atoms with Crippen LogP contribution < -0.4 is 0 Å². The van der Waals surface area contributed by atoms with Gasteiger partial charge in [0.1, 0.15) is 0 Å². The predicted molar refractivity (Wildman–Crippen MR) is 79.3 cm³/mol. The van der Waals surface area contributed by atoms with Gasteiger partial charge in [0.2, 0.25) is 0 Å². The van der Waals surface area contributed by atoms with E-state index in [1.54, 1.807) is 0 Å². The molecular formula is C15H32S. The Morgan fingerprint density at radius 2 is 1.38 bits per heavy atom. The molecule has 0 aromatic carbocycles. The smallest absolute Gasteiger partial charge is 0.0203 e. The summed E-state index contributed by atoms with van der Waals surface area (Å²) < 4.78 is 0.148. The van der Waals surface area contributed by atoms with Crippen molar-refractivity contribution in [2.45, 2.75) is 79.4 Å². The Kier molecular flexibility index (Phi) is 5.45. The fourth-order valence-electron chi connectivity index (χ4n) is 2.26. The van der Waals surface area contributed by atoms with Crippen LogP contribution in [0.5, 0.6) is 0 Å². The van der Waals surface area contributed by atoms with Crippen molar-refractivity contribution < 1.29 is 0 Å². The summed E-state index contributed by atoms with van der Waals surface area (Å²) in [5.41, 5.74) is 0.670. The maximum absolute atomic E-state index is 5.09. The molecular weight excluding hydrogens is 212 g/mol. The molecule has 1 heteroatoms. The summed E-state index contributed by atoms with van der Waals surface area (Å²) in [5.74, 6) is 0.665. The van der Waals surface area contributed by atoms with Crippen LogP contribution in [-0.4, -0.2) is 4.75 Å². The Morgan fingerprint density at radius 1 is 0.938 bits per heavy atom. The molecule has 0 nitrogen and oxygen atoms in total. The molecule has 0 amide bonds. The summed E-state index contributed by atoms with van der Waals surface area (Å²) in [7, 11) is 0. The zero-order valence-corrected chi connectivity index (χ0v) is 13.5. The minimum atomic E-state index is 0.148. The van der Waals surface area contributed by atoms with Crippen LogP contribution in [0.25, 0.3) is 0 Å². The van der Waals surface area contributed by atoms with Crippen LogP contribution in [0.1, 0.15) is 74.7 Å². The maximum Gasteiger partial charge on any atom is 0.0203 e. The van der Waals surface area contributed by atoms with E-state index in [1.807, 2.05) is 0 Å². The summed E-state index contributed by atoms with van der Waals surface area (Å²) in [6.45, 7) is 18.6. The Morgan fingerprint density at radius 3 is 1.62 bits per heavy atom. The molecule has 0 radical (unpaired) electrons. The number of rotatable bonds is 4. The average molecular weight is 244 g/mol. The van der Waals surface area contributed by atoms with Crippen molar-refractivity contribution in [1.82, 2.24) is 0 Å². The van der Waals surface area contributed by atoms with Gasteiger partial charge in [0.25, 0.3) is 0 Å². The second-order valence-corrected chi connectivity index (χ2v) is 8.34. The molecule has 0 aromatic heterocycles. The molecule has 0 saturated carbocycles. The first-order chi connectivity index (χ1) is 6.94. The quantitative estimate of drug-likeness (QED) is 0.614. The highest BCUT2D eigenvalue weighted by molar-refractivity contribution is 7.81. The molecule has 2 atom stereocenters. The molecule has 0 aliphatic heterocycles. The third-order valence-electron chi connectivity index (χ3n) is 3.98. The van der Waals surface area contributed by atoms with Gasteiger partial charge in [-0.15, -0.1) is 0 Å². The van der Waals surface area contributed by atoms with E-state index in [0.717, 1.165) is 0 Å². The topological polar surface area (TPSA) is 0 Å². The molecule has 0 rings (SSSR count). The van der Waals surface area contributed by atoms with Crippen LogP contribution in [0.15, 0.2) is 0 Å². The van der Waals surface area contributed by atoms with Crippen molar-refractivity contribution in [3.05, 3.63) is 0 Å². The highest BCUT2D eigenvalue weighted by Gasteiger charge is 2.42. The molecule has 0 heterocycles. The van der Waals surface area contributed by atoms with Crippen molar-refractivity contribution in [2.75, 3.05) is 0 Å². The zero-order chi connectivity index (χ0) is 13.2. The SMILES string of the molecule is CCC(C)C(S)(CCC(C)(C)C)C(C)(C)C. The standard InChI is InChI=1S/C15H32S/c1-9-12(2)15(16,14(6,7)8)11-10-13(3,4)5/h12,16H,9-11H2,1-8H3. The molecule has 0 spiro atoms. The normalized spacial score (nSPS) is 19.3. The second-order valence-electron chi connectivity index (χ2n) is 7.54. The van der Waals surface area contributed by atoms with Gasteiger partial charge in [-0.2, -0.15) is 12.6 Å². The molecule has 0 aliphatic carbocycles. The first-order valence-electron chi connectivity index (χ1n) is 6.66. The van der Waals surface area contributed by atoms with Crippen molar-refractivity contribution in [3.63, 3.8) is 0 Å². The Labute approximate surface area is 109 Å². The minimum Gasteiger partial charge on any atom is -0.172 e. The molecule has 0 N–H and O–H groups in total. The second kappa shape index (κ2) is 5.33. The van der Waals surface area contributed by atoms with Crippen LogP contribution in [0.3, 0.4) is 0 Å². The third kappa shape index (κ3) is 4.31. The molecule has 16 heavy (non-hydrogen) atoms. The fraction of sp³-hybridized carbons (Fsp3) is 1.00. The third-order valence-corrected chi connectivity index (χ3v) is 5.32.